The van der Waals surface area contributed by atoms with E-state index in [9.17, 15) is 8.78 Å². The number of aromatic nitrogens is 2. The zero-order valence-electron chi connectivity index (χ0n) is 9.60. The van der Waals surface area contributed by atoms with E-state index in [2.05, 4.69) is 15.3 Å². The van der Waals surface area contributed by atoms with Crippen molar-refractivity contribution in [1.82, 2.24) is 9.97 Å². The average Bonchev–Trinajstić information content (AvgIpc) is 2.39. The molecule has 0 aliphatic heterocycles. The molecule has 0 unspecified atom stereocenters. The molecule has 0 radical (unpaired) electrons. The number of nitrogens with zero attached hydrogens (tertiary/aromatic N) is 2. The van der Waals surface area contributed by atoms with Crippen molar-refractivity contribution in [1.29, 1.82) is 0 Å². The number of halogens is 2. The number of thioether (sulfide) groups is 1. The normalized spacial score (nSPS) is 10.7. The molecule has 1 aromatic heterocycles. The van der Waals surface area contributed by atoms with E-state index in [4.69, 9.17) is 0 Å². The molecule has 0 aliphatic rings. The molecule has 0 spiro atoms. The highest BCUT2D eigenvalue weighted by Gasteiger charge is 2.06. The zero-order chi connectivity index (χ0) is 13.0. The van der Waals surface area contributed by atoms with Crippen LogP contribution in [0.2, 0.25) is 0 Å². The van der Waals surface area contributed by atoms with E-state index < -0.39 is 5.76 Å². The Hall–Kier alpha value is -1.69. The van der Waals surface area contributed by atoms with E-state index in [0.717, 1.165) is 11.3 Å². The topological polar surface area (TPSA) is 37.8 Å². The molecule has 1 N–H and O–H groups in total. The highest BCUT2D eigenvalue weighted by molar-refractivity contribution is 7.99. The molecule has 0 saturated carbocycles. The van der Waals surface area contributed by atoms with Crippen molar-refractivity contribution in [3.63, 3.8) is 0 Å². The Kier molecular flexibility index (Phi) is 4.09. The summed E-state index contributed by atoms with van der Waals surface area (Å²) in [6, 6.07) is 8.66. The third-order valence-corrected chi connectivity index (χ3v) is 3.02. The van der Waals surface area contributed by atoms with Crippen molar-refractivity contribution >= 4 is 17.6 Å². The second-order valence-corrected chi connectivity index (χ2v) is 4.50. The molecule has 0 amide bonds. The highest BCUT2D eigenvalue weighted by Crippen LogP contribution is 2.27. The van der Waals surface area contributed by atoms with Gasteiger partial charge in [0.1, 0.15) is 12.1 Å². The first-order valence-corrected chi connectivity index (χ1v) is 6.12. The van der Waals surface area contributed by atoms with Gasteiger partial charge in [0.15, 0.2) is 0 Å². The lowest BCUT2D eigenvalue weighted by molar-refractivity contribution is 0.252. The van der Waals surface area contributed by atoms with Gasteiger partial charge in [0.25, 0.3) is 5.76 Å². The van der Waals surface area contributed by atoms with Gasteiger partial charge in [0.2, 0.25) is 0 Å². The lowest BCUT2D eigenvalue weighted by atomic mass is 10.1. The Labute approximate surface area is 108 Å². The maximum absolute atomic E-state index is 12.2. The molecule has 3 nitrogen and oxygen atoms in total. The van der Waals surface area contributed by atoms with Crippen LogP contribution >= 0.6 is 11.8 Å². The van der Waals surface area contributed by atoms with Crippen LogP contribution in [0.4, 0.5) is 14.6 Å². The summed E-state index contributed by atoms with van der Waals surface area (Å²) in [5.74, 6) is -1.68. The molecule has 2 rings (SSSR count). The largest absolute Gasteiger partial charge is 0.373 e. The second-order valence-electron chi connectivity index (χ2n) is 3.44. The molecule has 0 atom stereocenters. The van der Waals surface area contributed by atoms with Crippen LogP contribution in [-0.4, -0.2) is 22.8 Å². The molecule has 94 valence electrons. The minimum Gasteiger partial charge on any atom is -0.373 e. The quantitative estimate of drug-likeness (QED) is 0.860. The minimum atomic E-state index is -2.40. The summed E-state index contributed by atoms with van der Waals surface area (Å²) in [6.45, 7) is 0. The molecule has 0 aliphatic carbocycles. The lowest BCUT2D eigenvalue weighted by Gasteiger charge is -2.04. The first-order chi connectivity index (χ1) is 8.69. The van der Waals surface area contributed by atoms with E-state index in [1.54, 1.807) is 37.4 Å². The summed E-state index contributed by atoms with van der Waals surface area (Å²) in [7, 11) is 1.77. The van der Waals surface area contributed by atoms with Gasteiger partial charge in [0.05, 0.1) is 5.69 Å². The Morgan fingerprint density at radius 1 is 1.17 bits per heavy atom. The van der Waals surface area contributed by atoms with Gasteiger partial charge in [-0.25, -0.2) is 9.97 Å². The van der Waals surface area contributed by atoms with Crippen molar-refractivity contribution < 1.29 is 8.78 Å². The van der Waals surface area contributed by atoms with Crippen LogP contribution in [-0.2, 0) is 0 Å². The fraction of sp³-hybridized carbons (Fsp3) is 0.167. The Morgan fingerprint density at radius 3 is 2.50 bits per heavy atom. The molecule has 18 heavy (non-hydrogen) atoms. The summed E-state index contributed by atoms with van der Waals surface area (Å²) >= 11 is 0.532. The molecule has 0 saturated heterocycles. The minimum absolute atomic E-state index is 0.532. The van der Waals surface area contributed by atoms with Gasteiger partial charge in [-0.1, -0.05) is 23.9 Å². The summed E-state index contributed by atoms with van der Waals surface area (Å²) in [4.78, 5) is 8.70. The molecule has 0 bridgehead atoms. The molecule has 1 heterocycles. The monoisotopic (exact) mass is 267 g/mol. The van der Waals surface area contributed by atoms with Crippen LogP contribution in [0, 0.1) is 0 Å². The van der Waals surface area contributed by atoms with Gasteiger partial charge in [-0.15, -0.1) is 0 Å². The number of nitrogens with one attached hydrogen (secondary N) is 1. The number of hydrogen-bond donors (Lipinski definition) is 1. The summed E-state index contributed by atoms with van der Waals surface area (Å²) < 4.78 is 24.4. The maximum Gasteiger partial charge on any atom is 0.288 e. The molecule has 1 aromatic carbocycles. The van der Waals surface area contributed by atoms with Gasteiger partial charge >= 0.3 is 0 Å². The van der Waals surface area contributed by atoms with Crippen LogP contribution in [0.15, 0.2) is 41.6 Å². The highest BCUT2D eigenvalue weighted by atomic mass is 32.2. The molecular formula is C12H11F2N3S. The predicted octanol–water partition coefficient (Wildman–Crippen LogP) is 3.50. The van der Waals surface area contributed by atoms with Crippen molar-refractivity contribution in [2.24, 2.45) is 0 Å². The SMILES string of the molecule is CNc1cc(-c2ccc(SC(F)F)cc2)ncn1. The summed E-state index contributed by atoms with van der Waals surface area (Å²) in [5, 5.41) is 2.92. The first-order valence-electron chi connectivity index (χ1n) is 5.24. The van der Waals surface area contributed by atoms with Crippen LogP contribution < -0.4 is 5.32 Å². The molecule has 6 heteroatoms. The Balaban J connectivity index is 2.22. The third kappa shape index (κ3) is 3.16. The van der Waals surface area contributed by atoms with Crippen LogP contribution in [0.25, 0.3) is 11.3 Å². The summed E-state index contributed by atoms with van der Waals surface area (Å²) in [5.41, 5.74) is 1.62. The van der Waals surface area contributed by atoms with Crippen molar-refractivity contribution in [2.45, 2.75) is 10.7 Å². The zero-order valence-corrected chi connectivity index (χ0v) is 10.4. The van der Waals surface area contributed by atoms with Crippen LogP contribution in [0.3, 0.4) is 0 Å². The van der Waals surface area contributed by atoms with Crippen LogP contribution in [0.5, 0.6) is 0 Å². The number of benzene rings is 1. The van der Waals surface area contributed by atoms with E-state index in [-0.39, 0.29) is 0 Å². The lowest BCUT2D eigenvalue weighted by Crippen LogP contribution is -1.94. The first kappa shape index (κ1) is 12.8. The predicted molar refractivity (Wildman–Crippen MR) is 68.9 cm³/mol. The maximum atomic E-state index is 12.2. The number of hydrogen-bond acceptors (Lipinski definition) is 4. The van der Waals surface area contributed by atoms with Crippen LogP contribution in [0.1, 0.15) is 0 Å². The summed E-state index contributed by atoms with van der Waals surface area (Å²) in [6.07, 6.45) is 1.46. The van der Waals surface area contributed by atoms with Gasteiger partial charge < -0.3 is 5.32 Å². The fourth-order valence-electron chi connectivity index (χ4n) is 1.46. The fourth-order valence-corrected chi connectivity index (χ4v) is 1.96. The number of alkyl halides is 2. The van der Waals surface area contributed by atoms with Gasteiger partial charge in [0, 0.05) is 23.6 Å². The molecular weight excluding hydrogens is 256 g/mol. The van der Waals surface area contributed by atoms with E-state index in [0.29, 0.717) is 22.5 Å². The smallest absolute Gasteiger partial charge is 0.288 e. The van der Waals surface area contributed by atoms with Crippen molar-refractivity contribution in [3.05, 3.63) is 36.7 Å². The standard InChI is InChI=1S/C12H11F2N3S/c1-15-11-6-10(16-7-17-11)8-2-4-9(5-3-8)18-12(13)14/h2-7,12H,1H3,(H,15,16,17). The van der Waals surface area contributed by atoms with E-state index in [1.807, 2.05) is 0 Å². The van der Waals surface area contributed by atoms with Crippen molar-refractivity contribution in [2.75, 3.05) is 12.4 Å². The van der Waals surface area contributed by atoms with Gasteiger partial charge in [-0.2, -0.15) is 8.78 Å². The Morgan fingerprint density at radius 2 is 1.89 bits per heavy atom. The number of rotatable bonds is 4. The van der Waals surface area contributed by atoms with E-state index in [1.165, 1.54) is 6.33 Å². The van der Waals surface area contributed by atoms with Gasteiger partial charge in [-0.3, -0.25) is 0 Å². The number of anilines is 1. The molecule has 0 fully saturated rings. The average molecular weight is 267 g/mol. The van der Waals surface area contributed by atoms with Crippen molar-refractivity contribution in [3.8, 4) is 11.3 Å². The Bertz CT molecular complexity index is 517. The van der Waals surface area contributed by atoms with Gasteiger partial charge in [-0.05, 0) is 12.1 Å². The van der Waals surface area contributed by atoms with E-state index >= 15 is 0 Å². The second kappa shape index (κ2) is 5.77. The molecule has 2 aromatic rings. The third-order valence-electron chi connectivity index (χ3n) is 2.30.